The number of aromatic nitrogens is 5. The number of methoxy groups -OCH3 is 1. The van der Waals surface area contributed by atoms with E-state index in [0.717, 1.165) is 33.8 Å². The van der Waals surface area contributed by atoms with Gasteiger partial charge in [-0.25, -0.2) is 19.1 Å². The van der Waals surface area contributed by atoms with Gasteiger partial charge in [0.05, 0.1) is 41.0 Å². The minimum atomic E-state index is -0.463. The highest BCUT2D eigenvalue weighted by Gasteiger charge is 2.24. The summed E-state index contributed by atoms with van der Waals surface area (Å²) in [6.45, 7) is 1.88. The van der Waals surface area contributed by atoms with Crippen LogP contribution < -0.4 is 15.9 Å². The van der Waals surface area contributed by atoms with Crippen LogP contribution in [0.25, 0.3) is 44.3 Å². The van der Waals surface area contributed by atoms with Crippen LogP contribution in [0.5, 0.6) is 5.75 Å². The Morgan fingerprint density at radius 3 is 2.50 bits per heavy atom. The van der Waals surface area contributed by atoms with Gasteiger partial charge in [0.2, 0.25) is 5.13 Å². The number of fused-ring (bicyclic) bond motifs is 1. The van der Waals surface area contributed by atoms with Gasteiger partial charge in [-0.05, 0) is 67.8 Å². The second-order valence-electron chi connectivity index (χ2n) is 10.4. The van der Waals surface area contributed by atoms with Gasteiger partial charge in [-0.15, -0.1) is 11.3 Å². The summed E-state index contributed by atoms with van der Waals surface area (Å²) < 4.78 is 14.1. The molecule has 0 bridgehead atoms. The van der Waals surface area contributed by atoms with E-state index in [0.29, 0.717) is 46.1 Å². The second-order valence-corrected chi connectivity index (χ2v) is 11.2. The average Bonchev–Trinajstić information content (AvgIpc) is 3.77. The van der Waals surface area contributed by atoms with Gasteiger partial charge in [-0.1, -0.05) is 48.5 Å². The molecule has 0 spiro atoms. The fraction of sp³-hybridized carbons (Fsp3) is 0.118. The number of nitrogens with zero attached hydrogens (tertiary/aromatic N) is 4. The number of hydrogen-bond acceptors (Lipinski definition) is 7. The van der Waals surface area contributed by atoms with E-state index >= 15 is 0 Å². The van der Waals surface area contributed by atoms with Crippen molar-refractivity contribution in [2.24, 2.45) is 0 Å². The number of para-hydroxylation sites is 2. The molecule has 1 N–H and O–H groups in total. The average molecular weight is 602 g/mol. The molecule has 0 fully saturated rings. The van der Waals surface area contributed by atoms with Crippen LogP contribution >= 0.6 is 11.3 Å². The van der Waals surface area contributed by atoms with Crippen molar-refractivity contribution in [1.29, 1.82) is 0 Å². The summed E-state index contributed by atoms with van der Waals surface area (Å²) in [6, 6.07) is 28.5. The Balaban J connectivity index is 1.31. The maximum atomic E-state index is 14.1. The summed E-state index contributed by atoms with van der Waals surface area (Å²) in [7, 11) is 1.64. The summed E-state index contributed by atoms with van der Waals surface area (Å²) >= 11 is 1.34. The quantitative estimate of drug-likeness (QED) is 0.203. The lowest BCUT2D eigenvalue weighted by molar-refractivity contribution is 0.414. The number of ether oxygens (including phenoxy) is 1. The fourth-order valence-corrected chi connectivity index (χ4v) is 6.08. The van der Waals surface area contributed by atoms with Gasteiger partial charge in [-0.3, -0.25) is 9.89 Å². The van der Waals surface area contributed by atoms with E-state index in [1.165, 1.54) is 11.3 Å². The Morgan fingerprint density at radius 2 is 1.70 bits per heavy atom. The molecule has 44 heavy (non-hydrogen) atoms. The maximum absolute atomic E-state index is 14.1. The van der Waals surface area contributed by atoms with Crippen LogP contribution in [0.2, 0.25) is 0 Å². The number of aryl methyl sites for hydroxylation is 3. The number of rotatable bonds is 8. The van der Waals surface area contributed by atoms with E-state index in [9.17, 15) is 9.59 Å². The lowest BCUT2D eigenvalue weighted by Crippen LogP contribution is -2.16. The first-order valence-corrected chi connectivity index (χ1v) is 14.9. The van der Waals surface area contributed by atoms with Crippen molar-refractivity contribution in [3.8, 4) is 39.1 Å². The van der Waals surface area contributed by atoms with Gasteiger partial charge in [0.25, 0.3) is 5.56 Å². The largest absolute Gasteiger partial charge is 0.497 e. The third-order valence-corrected chi connectivity index (χ3v) is 8.30. The zero-order chi connectivity index (χ0) is 30.2. The normalized spacial score (nSPS) is 11.3. The van der Waals surface area contributed by atoms with Crippen LogP contribution in [0.1, 0.15) is 17.0 Å². The zero-order valence-corrected chi connectivity index (χ0v) is 24.8. The van der Waals surface area contributed by atoms with Crippen LogP contribution in [0.4, 0.5) is 0 Å². The smallest absolute Gasteiger partial charge is 0.345 e. The van der Waals surface area contributed by atoms with E-state index in [4.69, 9.17) is 19.2 Å². The predicted octanol–water partition coefficient (Wildman–Crippen LogP) is 6.35. The molecule has 0 aliphatic carbocycles. The lowest BCUT2D eigenvalue weighted by Gasteiger charge is -2.06. The molecule has 0 amide bonds. The summed E-state index contributed by atoms with van der Waals surface area (Å²) in [4.78, 5) is 31.7. The molecule has 4 heterocycles. The molecule has 0 unspecified atom stereocenters. The van der Waals surface area contributed by atoms with Crippen molar-refractivity contribution in [1.82, 2.24) is 24.5 Å². The Labute approximate surface area is 255 Å². The maximum Gasteiger partial charge on any atom is 0.345 e. The number of H-pyrrole nitrogens is 1. The molecule has 0 radical (unpaired) electrons. The van der Waals surface area contributed by atoms with Gasteiger partial charge in [0, 0.05) is 16.5 Å². The monoisotopic (exact) mass is 601 g/mol. The number of nitrogens with one attached hydrogen (secondary N) is 1. The van der Waals surface area contributed by atoms with E-state index < -0.39 is 5.63 Å². The molecule has 7 aromatic rings. The van der Waals surface area contributed by atoms with Crippen molar-refractivity contribution in [2.75, 3.05) is 7.11 Å². The van der Waals surface area contributed by atoms with Crippen molar-refractivity contribution in [3.05, 3.63) is 134 Å². The highest BCUT2D eigenvalue weighted by molar-refractivity contribution is 7.12. The lowest BCUT2D eigenvalue weighted by atomic mass is 10.0. The fourth-order valence-electron chi connectivity index (χ4n) is 5.30. The van der Waals surface area contributed by atoms with E-state index in [1.807, 2.05) is 85.8 Å². The minimum absolute atomic E-state index is 0.186. The summed E-state index contributed by atoms with van der Waals surface area (Å²) in [5.41, 5.74) is 5.22. The van der Waals surface area contributed by atoms with Crippen molar-refractivity contribution < 1.29 is 9.15 Å². The third kappa shape index (κ3) is 5.05. The summed E-state index contributed by atoms with van der Waals surface area (Å²) in [6.07, 6.45) is 1.29. The molecule has 0 atom stereocenters. The molecule has 9 nitrogen and oxygen atoms in total. The molecular weight excluding hydrogens is 574 g/mol. The first kappa shape index (κ1) is 27.4. The Kier molecular flexibility index (Phi) is 7.03. The molecule has 10 heteroatoms. The first-order valence-electron chi connectivity index (χ1n) is 14.1. The molecule has 0 saturated carbocycles. The van der Waals surface area contributed by atoms with Crippen LogP contribution in [0, 0.1) is 6.92 Å². The van der Waals surface area contributed by atoms with Crippen LogP contribution in [0.15, 0.2) is 110 Å². The van der Waals surface area contributed by atoms with Crippen molar-refractivity contribution in [3.63, 3.8) is 0 Å². The Morgan fingerprint density at radius 1 is 0.932 bits per heavy atom. The van der Waals surface area contributed by atoms with Crippen molar-refractivity contribution in [2.45, 2.75) is 19.8 Å². The number of benzene rings is 3. The first-order chi connectivity index (χ1) is 21.5. The third-order valence-electron chi connectivity index (χ3n) is 7.48. The zero-order valence-electron chi connectivity index (χ0n) is 24.0. The Bertz CT molecular complexity index is 2220. The summed E-state index contributed by atoms with van der Waals surface area (Å²) in [5, 5.41) is 11.2. The van der Waals surface area contributed by atoms with E-state index in [1.54, 1.807) is 34.0 Å². The molecular formula is C34H27N5O4S. The molecule has 218 valence electrons. The molecule has 0 aliphatic heterocycles. The van der Waals surface area contributed by atoms with Crippen LogP contribution in [-0.2, 0) is 12.8 Å². The van der Waals surface area contributed by atoms with Gasteiger partial charge in [0.1, 0.15) is 11.3 Å². The highest BCUT2D eigenvalue weighted by Crippen LogP contribution is 2.30. The standard InChI is InChI=1S/C34H27N5O4S/c1-21-18-29(39(36-21)34-35-28(20-44-34)26-19-23-8-6-7-11-30(23)43-33(26)41)31-27(17-14-22-12-15-25(42-2)16-13-22)37-38(32(31)40)24-9-4-3-5-10-24/h3-13,15-16,18-20,37H,14,17H2,1-2H3. The molecule has 4 aromatic heterocycles. The van der Waals surface area contributed by atoms with Gasteiger partial charge in [-0.2, -0.15) is 5.10 Å². The molecule has 0 saturated heterocycles. The van der Waals surface area contributed by atoms with Gasteiger partial charge >= 0.3 is 5.63 Å². The molecule has 3 aromatic carbocycles. The van der Waals surface area contributed by atoms with Crippen molar-refractivity contribution >= 4 is 22.3 Å². The minimum Gasteiger partial charge on any atom is -0.497 e. The van der Waals surface area contributed by atoms with Crippen LogP contribution in [-0.4, -0.2) is 31.7 Å². The Hall–Kier alpha value is -5.48. The SMILES string of the molecule is COc1ccc(CCc2[nH]n(-c3ccccc3)c(=O)c2-c2cc(C)nn2-c2nc(-c3cc4ccccc4oc3=O)cs2)cc1. The van der Waals surface area contributed by atoms with Gasteiger partial charge < -0.3 is 9.15 Å². The topological polar surface area (TPSA) is 108 Å². The highest BCUT2D eigenvalue weighted by atomic mass is 32.1. The van der Waals surface area contributed by atoms with E-state index in [-0.39, 0.29) is 5.56 Å². The summed E-state index contributed by atoms with van der Waals surface area (Å²) in [5.74, 6) is 0.793. The molecule has 7 rings (SSSR count). The number of thiazole rings is 1. The second kappa shape index (κ2) is 11.3. The van der Waals surface area contributed by atoms with E-state index in [2.05, 4.69) is 5.10 Å². The van der Waals surface area contributed by atoms with Gasteiger partial charge in [0.15, 0.2) is 0 Å². The molecule has 0 aliphatic rings. The number of hydrogen-bond donors (Lipinski definition) is 1. The predicted molar refractivity (Wildman–Crippen MR) is 171 cm³/mol. The van der Waals surface area contributed by atoms with Crippen LogP contribution in [0.3, 0.4) is 0 Å². The number of aromatic amines is 1.